The maximum atomic E-state index is 13.1. The van der Waals surface area contributed by atoms with E-state index in [4.69, 9.17) is 16.7 Å². The Morgan fingerprint density at radius 3 is 2.41 bits per heavy atom. The predicted molar refractivity (Wildman–Crippen MR) is 81.2 cm³/mol. The lowest BCUT2D eigenvalue weighted by Crippen LogP contribution is -2.12. The Morgan fingerprint density at radius 2 is 1.77 bits per heavy atom. The Balaban J connectivity index is 2.19. The summed E-state index contributed by atoms with van der Waals surface area (Å²) < 4.78 is 26.2. The molecule has 2 rings (SSSR count). The fourth-order valence-corrected chi connectivity index (χ4v) is 2.30. The van der Waals surface area contributed by atoms with Gasteiger partial charge in [-0.1, -0.05) is 11.6 Å². The Morgan fingerprint density at radius 1 is 1.09 bits per heavy atom. The molecule has 1 amide bonds. The van der Waals surface area contributed by atoms with Crippen LogP contribution in [-0.4, -0.2) is 17.6 Å². The molecule has 0 fully saturated rings. The predicted octanol–water partition coefficient (Wildman–Crippen LogP) is 3.80. The Kier molecular flexibility index (Phi) is 5.46. The molecule has 0 spiro atoms. The van der Waals surface area contributed by atoms with Crippen LogP contribution in [0.1, 0.15) is 22.3 Å². The zero-order valence-corrected chi connectivity index (χ0v) is 12.3. The van der Waals surface area contributed by atoms with Crippen molar-refractivity contribution in [2.75, 3.05) is 11.9 Å². The first-order valence-corrected chi connectivity index (χ1v) is 7.03. The van der Waals surface area contributed by atoms with Crippen molar-refractivity contribution in [1.29, 1.82) is 0 Å². The number of rotatable bonds is 5. The van der Waals surface area contributed by atoms with Gasteiger partial charge in [0.15, 0.2) is 0 Å². The molecule has 0 aromatic heterocycles. The van der Waals surface area contributed by atoms with Crippen LogP contribution in [0.2, 0.25) is 5.02 Å². The zero-order valence-electron chi connectivity index (χ0n) is 11.6. The van der Waals surface area contributed by atoms with Crippen molar-refractivity contribution < 1.29 is 18.7 Å². The molecule has 0 bridgehead atoms. The van der Waals surface area contributed by atoms with Crippen molar-refractivity contribution in [1.82, 2.24) is 0 Å². The molecule has 0 aliphatic heterocycles. The maximum Gasteiger partial charge on any atom is 0.255 e. The number of amides is 1. The molecule has 0 heterocycles. The summed E-state index contributed by atoms with van der Waals surface area (Å²) in [6, 6.07) is 7.58. The molecule has 116 valence electrons. The molecule has 0 radical (unpaired) electrons. The summed E-state index contributed by atoms with van der Waals surface area (Å²) in [5, 5.41) is 11.6. The molecule has 2 N–H and O–H groups in total. The third-order valence-electron chi connectivity index (χ3n) is 2.96. The van der Waals surface area contributed by atoms with Gasteiger partial charge in [0.05, 0.1) is 0 Å². The second kappa shape index (κ2) is 7.33. The number of aryl methyl sites for hydroxylation is 1. The number of halogens is 3. The van der Waals surface area contributed by atoms with Crippen LogP contribution in [0.5, 0.6) is 0 Å². The van der Waals surface area contributed by atoms with Crippen LogP contribution in [0, 0.1) is 11.6 Å². The second-order valence-electron chi connectivity index (χ2n) is 4.79. The first-order chi connectivity index (χ1) is 10.5. The molecule has 0 unspecified atom stereocenters. The van der Waals surface area contributed by atoms with Crippen LogP contribution < -0.4 is 5.32 Å². The van der Waals surface area contributed by atoms with Gasteiger partial charge in [-0.2, -0.15) is 0 Å². The van der Waals surface area contributed by atoms with E-state index < -0.39 is 17.5 Å². The summed E-state index contributed by atoms with van der Waals surface area (Å²) in [5.41, 5.74) is 1.11. The minimum absolute atomic E-state index is 0.0272. The summed E-state index contributed by atoms with van der Waals surface area (Å²) in [6.07, 6.45) is 1.13. The van der Waals surface area contributed by atoms with E-state index in [2.05, 4.69) is 5.32 Å². The first kappa shape index (κ1) is 16.4. The van der Waals surface area contributed by atoms with E-state index in [1.807, 2.05) is 0 Å². The van der Waals surface area contributed by atoms with Crippen molar-refractivity contribution in [3.63, 3.8) is 0 Å². The normalized spacial score (nSPS) is 10.5. The molecule has 2 aromatic rings. The Bertz CT molecular complexity index is 672. The molecule has 0 aliphatic rings. The highest BCUT2D eigenvalue weighted by Crippen LogP contribution is 2.19. The van der Waals surface area contributed by atoms with E-state index in [1.165, 1.54) is 6.07 Å². The number of hydrogen-bond donors (Lipinski definition) is 2. The molecule has 0 saturated heterocycles. The molecule has 0 saturated carbocycles. The van der Waals surface area contributed by atoms with Crippen molar-refractivity contribution in [3.8, 4) is 0 Å². The number of benzene rings is 2. The van der Waals surface area contributed by atoms with Crippen molar-refractivity contribution in [3.05, 3.63) is 64.2 Å². The minimum Gasteiger partial charge on any atom is -0.396 e. The molecular formula is C16H14ClF2NO2. The monoisotopic (exact) mass is 325 g/mol. The van der Waals surface area contributed by atoms with E-state index in [-0.39, 0.29) is 17.9 Å². The van der Waals surface area contributed by atoms with E-state index in [0.717, 1.165) is 23.8 Å². The smallest absolute Gasteiger partial charge is 0.255 e. The van der Waals surface area contributed by atoms with Gasteiger partial charge >= 0.3 is 0 Å². The summed E-state index contributed by atoms with van der Waals surface area (Å²) in [5.74, 6) is -2.06. The molecule has 0 aliphatic carbocycles. The minimum atomic E-state index is -0.773. The number of carbonyl (C=O) groups excluding carboxylic acids is 1. The topological polar surface area (TPSA) is 49.3 Å². The summed E-state index contributed by atoms with van der Waals surface area (Å²) in [4.78, 5) is 12.2. The van der Waals surface area contributed by atoms with Crippen molar-refractivity contribution in [2.45, 2.75) is 12.8 Å². The number of aliphatic hydroxyl groups is 1. The highest BCUT2D eigenvalue weighted by molar-refractivity contribution is 6.31. The van der Waals surface area contributed by atoms with Gasteiger partial charge in [-0.3, -0.25) is 4.79 Å². The number of carbonyl (C=O) groups is 1. The van der Waals surface area contributed by atoms with E-state index >= 15 is 0 Å². The van der Waals surface area contributed by atoms with Crippen molar-refractivity contribution in [2.24, 2.45) is 0 Å². The van der Waals surface area contributed by atoms with Gasteiger partial charge in [-0.25, -0.2) is 8.78 Å². The SMILES string of the molecule is O=C(Nc1cc(F)cc(F)c1)c1cc(Cl)cc(CCCO)c1. The maximum absolute atomic E-state index is 13.1. The highest BCUT2D eigenvalue weighted by Gasteiger charge is 2.10. The number of hydrogen-bond acceptors (Lipinski definition) is 2. The lowest BCUT2D eigenvalue weighted by Gasteiger charge is -2.08. The molecule has 22 heavy (non-hydrogen) atoms. The molecular weight excluding hydrogens is 312 g/mol. The van der Waals surface area contributed by atoms with Gasteiger partial charge in [-0.05, 0) is 48.7 Å². The van der Waals surface area contributed by atoms with Crippen LogP contribution in [0.15, 0.2) is 36.4 Å². The number of nitrogens with one attached hydrogen (secondary N) is 1. The summed E-state index contributed by atoms with van der Waals surface area (Å²) in [7, 11) is 0. The summed E-state index contributed by atoms with van der Waals surface area (Å²) in [6.45, 7) is 0.0383. The van der Waals surface area contributed by atoms with Crippen LogP contribution in [0.4, 0.5) is 14.5 Å². The van der Waals surface area contributed by atoms with E-state index in [0.29, 0.717) is 17.9 Å². The van der Waals surface area contributed by atoms with E-state index in [1.54, 1.807) is 12.1 Å². The largest absolute Gasteiger partial charge is 0.396 e. The van der Waals surface area contributed by atoms with Gasteiger partial charge in [0.25, 0.3) is 5.91 Å². The lowest BCUT2D eigenvalue weighted by atomic mass is 10.1. The zero-order chi connectivity index (χ0) is 16.1. The van der Waals surface area contributed by atoms with E-state index in [9.17, 15) is 13.6 Å². The molecule has 3 nitrogen and oxygen atoms in total. The van der Waals surface area contributed by atoms with Gasteiger partial charge in [-0.15, -0.1) is 0 Å². The quantitative estimate of drug-likeness (QED) is 0.878. The van der Waals surface area contributed by atoms with Gasteiger partial charge in [0, 0.05) is 28.9 Å². The first-order valence-electron chi connectivity index (χ1n) is 6.65. The van der Waals surface area contributed by atoms with Crippen LogP contribution >= 0.6 is 11.6 Å². The van der Waals surface area contributed by atoms with Gasteiger partial charge < -0.3 is 10.4 Å². The summed E-state index contributed by atoms with van der Waals surface area (Å²) >= 11 is 5.96. The standard InChI is InChI=1S/C16H14ClF2NO2/c17-12-5-10(2-1-3-21)4-11(6-12)16(22)20-15-8-13(18)7-14(19)9-15/h4-9,21H,1-3H2,(H,20,22). The van der Waals surface area contributed by atoms with Crippen LogP contribution in [0.3, 0.4) is 0 Å². The lowest BCUT2D eigenvalue weighted by molar-refractivity contribution is 0.102. The average Bonchev–Trinajstić information content (AvgIpc) is 2.43. The average molecular weight is 326 g/mol. The van der Waals surface area contributed by atoms with Crippen molar-refractivity contribution >= 4 is 23.2 Å². The Hall–Kier alpha value is -1.98. The van der Waals surface area contributed by atoms with Crippen LogP contribution in [0.25, 0.3) is 0 Å². The molecule has 6 heteroatoms. The Labute approximate surface area is 131 Å². The number of aliphatic hydroxyl groups excluding tert-OH is 1. The van der Waals surface area contributed by atoms with Gasteiger partial charge in [0.2, 0.25) is 0 Å². The fraction of sp³-hybridized carbons (Fsp3) is 0.188. The van der Waals surface area contributed by atoms with Gasteiger partial charge in [0.1, 0.15) is 11.6 Å². The molecule has 2 aromatic carbocycles. The second-order valence-corrected chi connectivity index (χ2v) is 5.22. The third-order valence-corrected chi connectivity index (χ3v) is 3.18. The van der Waals surface area contributed by atoms with Crippen LogP contribution in [-0.2, 0) is 6.42 Å². The number of anilines is 1. The molecule has 0 atom stereocenters. The highest BCUT2D eigenvalue weighted by atomic mass is 35.5. The third kappa shape index (κ3) is 4.51. The fourth-order valence-electron chi connectivity index (χ4n) is 2.04.